The van der Waals surface area contributed by atoms with Gasteiger partial charge in [0.2, 0.25) is 6.79 Å². The Labute approximate surface area is 186 Å². The first-order chi connectivity index (χ1) is 15.2. The lowest BCUT2D eigenvalue weighted by Gasteiger charge is -2.11. The molecule has 2 aromatic carbocycles. The number of anilines is 2. The summed E-state index contributed by atoms with van der Waals surface area (Å²) in [7, 11) is 0. The Morgan fingerprint density at radius 2 is 1.84 bits per heavy atom. The molecule has 32 heavy (non-hydrogen) atoms. The Kier molecular flexibility index (Phi) is 5.65. The van der Waals surface area contributed by atoms with Crippen molar-refractivity contribution in [2.75, 3.05) is 17.4 Å². The maximum Gasteiger partial charge on any atom is 0.573 e. The molecule has 0 atom stereocenters. The quantitative estimate of drug-likeness (QED) is 0.529. The highest BCUT2D eigenvalue weighted by molar-refractivity contribution is 9.10. The van der Waals surface area contributed by atoms with Crippen molar-refractivity contribution in [3.8, 4) is 17.2 Å². The van der Waals surface area contributed by atoms with Gasteiger partial charge in [0.05, 0.1) is 5.69 Å². The van der Waals surface area contributed by atoms with Crippen molar-refractivity contribution < 1.29 is 37.0 Å². The molecule has 1 aliphatic heterocycles. The Hall–Kier alpha value is -3.74. The zero-order chi connectivity index (χ0) is 22.9. The lowest BCUT2D eigenvalue weighted by molar-refractivity contribution is -0.274. The summed E-state index contributed by atoms with van der Waals surface area (Å²) in [5, 5.41) is 9.01. The summed E-state index contributed by atoms with van der Waals surface area (Å²) in [6.45, 7) is 0.0958. The van der Waals surface area contributed by atoms with E-state index in [-0.39, 0.29) is 22.6 Å². The van der Waals surface area contributed by atoms with Crippen LogP contribution in [0.3, 0.4) is 0 Å². The highest BCUT2D eigenvalue weighted by atomic mass is 79.9. The van der Waals surface area contributed by atoms with Gasteiger partial charge in [-0.3, -0.25) is 4.79 Å². The van der Waals surface area contributed by atoms with Gasteiger partial charge in [-0.1, -0.05) is 0 Å². The number of hydrogen-bond acceptors (Lipinski definition) is 6. The number of ether oxygens (including phenoxy) is 3. The van der Waals surface area contributed by atoms with Gasteiger partial charge in [-0.2, -0.15) is 9.78 Å². The van der Waals surface area contributed by atoms with Crippen LogP contribution in [0.15, 0.2) is 53.1 Å². The number of rotatable bonds is 4. The fraction of sp³-hybridized carbons (Fsp3) is 0.105. The molecule has 0 radical (unpaired) electrons. The minimum atomic E-state index is -4.84. The summed E-state index contributed by atoms with van der Waals surface area (Å²) in [5.41, 5.74) is 0.531. The third kappa shape index (κ3) is 4.94. The normalized spacial score (nSPS) is 12.4. The molecule has 0 fully saturated rings. The molecule has 2 heterocycles. The fourth-order valence-corrected chi connectivity index (χ4v) is 3.15. The number of alkyl halides is 3. The molecule has 13 heteroatoms. The number of benzene rings is 2. The van der Waals surface area contributed by atoms with Crippen LogP contribution in [-0.2, 0) is 0 Å². The minimum absolute atomic E-state index is 0.0895. The number of carbonyl (C=O) groups excluding carboxylic acids is 2. The molecule has 166 valence electrons. The van der Waals surface area contributed by atoms with Crippen molar-refractivity contribution in [1.29, 1.82) is 0 Å². The molecule has 0 saturated heterocycles. The second kappa shape index (κ2) is 8.42. The molecule has 9 nitrogen and oxygen atoms in total. The highest BCUT2D eigenvalue weighted by Gasteiger charge is 2.31. The van der Waals surface area contributed by atoms with E-state index in [2.05, 4.69) is 36.4 Å². The Morgan fingerprint density at radius 1 is 1.06 bits per heavy atom. The first kappa shape index (κ1) is 21.5. The van der Waals surface area contributed by atoms with Crippen LogP contribution in [0, 0.1) is 0 Å². The summed E-state index contributed by atoms with van der Waals surface area (Å²) in [6, 6.07) is 8.86. The molecule has 2 N–H and O–H groups in total. The van der Waals surface area contributed by atoms with Gasteiger partial charge in [0, 0.05) is 22.4 Å². The smallest absolute Gasteiger partial charge is 0.454 e. The van der Waals surface area contributed by atoms with E-state index in [1.54, 1.807) is 18.2 Å². The van der Waals surface area contributed by atoms with Crippen LogP contribution >= 0.6 is 15.9 Å². The van der Waals surface area contributed by atoms with Crippen LogP contribution in [0.2, 0.25) is 0 Å². The SMILES string of the molecule is O=C(Nc1ccc(OC(F)(F)F)cc1Br)c1ccn(C(=O)Nc2ccc3c(c2)OCO3)n1. The van der Waals surface area contributed by atoms with Gasteiger partial charge >= 0.3 is 12.4 Å². The van der Waals surface area contributed by atoms with Crippen LogP contribution < -0.4 is 24.8 Å². The first-order valence-corrected chi connectivity index (χ1v) is 9.60. The lowest BCUT2D eigenvalue weighted by Crippen LogP contribution is -2.21. The van der Waals surface area contributed by atoms with Crippen molar-refractivity contribution in [3.63, 3.8) is 0 Å². The van der Waals surface area contributed by atoms with E-state index in [0.717, 1.165) is 16.8 Å². The number of halogens is 4. The molecule has 4 rings (SSSR count). The predicted molar refractivity (Wildman–Crippen MR) is 108 cm³/mol. The van der Waals surface area contributed by atoms with Gasteiger partial charge in [0.1, 0.15) is 5.75 Å². The monoisotopic (exact) mass is 512 g/mol. The number of amides is 2. The lowest BCUT2D eigenvalue weighted by atomic mass is 10.3. The summed E-state index contributed by atoms with van der Waals surface area (Å²) in [5.74, 6) is -0.0811. The minimum Gasteiger partial charge on any atom is -0.454 e. The Balaban J connectivity index is 1.41. The highest BCUT2D eigenvalue weighted by Crippen LogP contribution is 2.34. The van der Waals surface area contributed by atoms with Crippen molar-refractivity contribution in [3.05, 3.63) is 58.8 Å². The number of hydrogen-bond donors (Lipinski definition) is 2. The largest absolute Gasteiger partial charge is 0.573 e. The van der Waals surface area contributed by atoms with Crippen molar-refractivity contribution >= 4 is 39.2 Å². The first-order valence-electron chi connectivity index (χ1n) is 8.81. The molecule has 2 amide bonds. The third-order valence-corrected chi connectivity index (χ3v) is 4.73. The maximum absolute atomic E-state index is 12.4. The third-order valence-electron chi connectivity index (χ3n) is 4.08. The van der Waals surface area contributed by atoms with Crippen molar-refractivity contribution in [2.24, 2.45) is 0 Å². The van der Waals surface area contributed by atoms with Crippen LogP contribution in [0.5, 0.6) is 17.2 Å². The summed E-state index contributed by atoms with van der Waals surface area (Å²) < 4.78 is 52.3. The van der Waals surface area contributed by atoms with E-state index in [1.165, 1.54) is 18.3 Å². The van der Waals surface area contributed by atoms with E-state index in [0.29, 0.717) is 17.2 Å². The van der Waals surface area contributed by atoms with Crippen LogP contribution in [0.25, 0.3) is 0 Å². The van der Waals surface area contributed by atoms with Crippen LogP contribution in [0.1, 0.15) is 10.5 Å². The number of carbonyl (C=O) groups is 2. The van der Waals surface area contributed by atoms with E-state index in [4.69, 9.17) is 9.47 Å². The van der Waals surface area contributed by atoms with Gasteiger partial charge in [0.25, 0.3) is 5.91 Å². The van der Waals surface area contributed by atoms with E-state index in [9.17, 15) is 22.8 Å². The van der Waals surface area contributed by atoms with E-state index < -0.39 is 24.1 Å². The zero-order valence-electron chi connectivity index (χ0n) is 15.8. The summed E-state index contributed by atoms with van der Waals surface area (Å²) in [4.78, 5) is 24.8. The Morgan fingerprint density at radius 3 is 2.59 bits per heavy atom. The predicted octanol–water partition coefficient (Wildman–Crippen LogP) is 4.61. The average Bonchev–Trinajstić information content (AvgIpc) is 3.38. The van der Waals surface area contributed by atoms with Crippen molar-refractivity contribution in [2.45, 2.75) is 6.36 Å². The summed E-state index contributed by atoms with van der Waals surface area (Å²) >= 11 is 3.07. The number of nitrogens with one attached hydrogen (secondary N) is 2. The molecular formula is C19H12BrF3N4O5. The molecule has 0 aliphatic carbocycles. The van der Waals surface area contributed by atoms with Gasteiger partial charge in [-0.25, -0.2) is 4.79 Å². The standard InChI is InChI=1S/C19H12BrF3N4O5/c20-12-8-11(32-19(21,22)23)2-3-13(12)25-17(28)14-5-6-27(26-14)18(29)24-10-1-4-15-16(7-10)31-9-30-15/h1-8H,9H2,(H,24,29)(H,25,28). The second-order valence-corrected chi connectivity index (χ2v) is 7.14. The molecular weight excluding hydrogens is 501 g/mol. The van der Waals surface area contributed by atoms with Crippen LogP contribution in [-0.4, -0.2) is 34.9 Å². The van der Waals surface area contributed by atoms with E-state index >= 15 is 0 Å². The molecule has 0 unspecified atom stereocenters. The molecule has 0 saturated carbocycles. The number of nitrogens with zero attached hydrogens (tertiary/aromatic N) is 2. The fourth-order valence-electron chi connectivity index (χ4n) is 2.69. The zero-order valence-corrected chi connectivity index (χ0v) is 17.4. The van der Waals surface area contributed by atoms with Gasteiger partial charge in [0.15, 0.2) is 17.2 Å². The number of fused-ring (bicyclic) bond motifs is 1. The van der Waals surface area contributed by atoms with Gasteiger partial charge in [-0.15, -0.1) is 13.2 Å². The molecule has 0 bridgehead atoms. The molecule has 0 spiro atoms. The molecule has 1 aromatic heterocycles. The Bertz CT molecular complexity index is 1200. The van der Waals surface area contributed by atoms with Gasteiger partial charge in [-0.05, 0) is 52.3 Å². The van der Waals surface area contributed by atoms with Crippen LogP contribution in [0.4, 0.5) is 29.3 Å². The second-order valence-electron chi connectivity index (χ2n) is 6.29. The van der Waals surface area contributed by atoms with E-state index in [1.807, 2.05) is 0 Å². The maximum atomic E-state index is 12.4. The van der Waals surface area contributed by atoms with Gasteiger partial charge < -0.3 is 24.8 Å². The number of aromatic nitrogens is 2. The topological polar surface area (TPSA) is 104 Å². The molecule has 1 aliphatic rings. The summed E-state index contributed by atoms with van der Waals surface area (Å²) in [6.07, 6.45) is -3.55. The average molecular weight is 513 g/mol. The molecule has 3 aromatic rings. The van der Waals surface area contributed by atoms with Crippen molar-refractivity contribution in [1.82, 2.24) is 9.78 Å².